The number of hydrogen-bond acceptors (Lipinski definition) is 3. The second-order valence-electron chi connectivity index (χ2n) is 5.65. The van der Waals surface area contributed by atoms with E-state index in [4.69, 9.17) is 0 Å². The SMILES string of the molecule is CCCn1nc(C(=O)c2cccc(O)c2)c2cccc(C(F)(F)F)c21. The van der Waals surface area contributed by atoms with Gasteiger partial charge in [-0.2, -0.15) is 18.3 Å². The van der Waals surface area contributed by atoms with E-state index >= 15 is 0 Å². The van der Waals surface area contributed by atoms with Gasteiger partial charge in [-0.05, 0) is 24.6 Å². The predicted octanol–water partition coefficient (Wildman–Crippen LogP) is 4.40. The number of ketones is 1. The van der Waals surface area contributed by atoms with Gasteiger partial charge in [-0.3, -0.25) is 9.48 Å². The number of aryl methyl sites for hydroxylation is 1. The number of phenolic OH excluding ortho intramolecular Hbond substituents is 1. The highest BCUT2D eigenvalue weighted by atomic mass is 19.4. The topological polar surface area (TPSA) is 55.1 Å². The quantitative estimate of drug-likeness (QED) is 0.711. The number of hydrogen-bond donors (Lipinski definition) is 1. The van der Waals surface area contributed by atoms with Crippen molar-refractivity contribution in [2.75, 3.05) is 0 Å². The van der Waals surface area contributed by atoms with Gasteiger partial charge in [0.25, 0.3) is 0 Å². The molecule has 2 aromatic carbocycles. The molecular formula is C18H15F3N2O2. The summed E-state index contributed by atoms with van der Waals surface area (Å²) >= 11 is 0. The molecule has 1 heterocycles. The van der Waals surface area contributed by atoms with E-state index in [1.54, 1.807) is 0 Å². The Balaban J connectivity index is 2.25. The second kappa shape index (κ2) is 6.23. The normalized spacial score (nSPS) is 11.8. The molecule has 0 spiro atoms. The van der Waals surface area contributed by atoms with Crippen molar-refractivity contribution < 1.29 is 23.1 Å². The van der Waals surface area contributed by atoms with Crippen LogP contribution >= 0.6 is 0 Å². The first-order valence-electron chi connectivity index (χ1n) is 7.73. The summed E-state index contributed by atoms with van der Waals surface area (Å²) in [6, 6.07) is 9.36. The van der Waals surface area contributed by atoms with E-state index in [0.29, 0.717) is 6.42 Å². The highest BCUT2D eigenvalue weighted by molar-refractivity contribution is 6.15. The van der Waals surface area contributed by atoms with Gasteiger partial charge < -0.3 is 5.11 Å². The molecule has 0 amide bonds. The maximum atomic E-state index is 13.4. The van der Waals surface area contributed by atoms with Gasteiger partial charge in [0.05, 0.1) is 11.1 Å². The Morgan fingerprint density at radius 3 is 2.56 bits per heavy atom. The first kappa shape index (κ1) is 17.0. The van der Waals surface area contributed by atoms with Gasteiger partial charge in [0.15, 0.2) is 0 Å². The molecule has 0 saturated carbocycles. The van der Waals surface area contributed by atoms with E-state index in [1.165, 1.54) is 41.1 Å². The standard InChI is InChI=1S/C18H15F3N2O2/c1-2-9-23-16-13(7-4-8-14(16)18(19,20)21)15(22-23)17(25)11-5-3-6-12(24)10-11/h3-8,10,24H,2,9H2,1H3. The number of aromatic hydroxyl groups is 1. The summed E-state index contributed by atoms with van der Waals surface area (Å²) < 4.78 is 41.3. The molecule has 130 valence electrons. The minimum atomic E-state index is -4.55. The van der Waals surface area contributed by atoms with Gasteiger partial charge >= 0.3 is 6.18 Å². The van der Waals surface area contributed by atoms with Crippen LogP contribution in [0.15, 0.2) is 42.5 Å². The van der Waals surface area contributed by atoms with Crippen LogP contribution in [0.1, 0.15) is 35.0 Å². The van der Waals surface area contributed by atoms with Crippen LogP contribution in [0, 0.1) is 0 Å². The van der Waals surface area contributed by atoms with E-state index in [0.717, 1.165) is 6.07 Å². The van der Waals surface area contributed by atoms with Crippen LogP contribution in [0.5, 0.6) is 5.75 Å². The largest absolute Gasteiger partial charge is 0.508 e. The van der Waals surface area contributed by atoms with Crippen molar-refractivity contribution in [3.05, 3.63) is 59.3 Å². The molecule has 25 heavy (non-hydrogen) atoms. The van der Waals surface area contributed by atoms with Crippen molar-refractivity contribution in [3.8, 4) is 5.75 Å². The predicted molar refractivity (Wildman–Crippen MR) is 86.6 cm³/mol. The molecule has 0 bridgehead atoms. The number of fused-ring (bicyclic) bond motifs is 1. The number of nitrogens with zero attached hydrogens (tertiary/aromatic N) is 2. The number of phenols is 1. The van der Waals surface area contributed by atoms with Gasteiger partial charge in [-0.25, -0.2) is 0 Å². The maximum absolute atomic E-state index is 13.4. The molecule has 4 nitrogen and oxygen atoms in total. The summed E-state index contributed by atoms with van der Waals surface area (Å²) in [5.41, 5.74) is -0.804. The van der Waals surface area contributed by atoms with Crippen LogP contribution in [0.3, 0.4) is 0 Å². The number of para-hydroxylation sites is 1. The number of carbonyl (C=O) groups excluding carboxylic acids is 1. The Kier molecular flexibility index (Phi) is 4.24. The molecule has 0 aliphatic rings. The van der Waals surface area contributed by atoms with Crippen molar-refractivity contribution in [1.29, 1.82) is 0 Å². The lowest BCUT2D eigenvalue weighted by molar-refractivity contribution is -0.136. The van der Waals surface area contributed by atoms with E-state index in [2.05, 4.69) is 5.10 Å². The lowest BCUT2D eigenvalue weighted by Crippen LogP contribution is -2.09. The van der Waals surface area contributed by atoms with Gasteiger partial charge in [-0.1, -0.05) is 31.2 Å². The Labute approximate surface area is 141 Å². The molecule has 1 N–H and O–H groups in total. The number of halogens is 3. The Hall–Kier alpha value is -2.83. The number of benzene rings is 2. The summed E-state index contributed by atoms with van der Waals surface area (Å²) in [6.45, 7) is 2.08. The second-order valence-corrected chi connectivity index (χ2v) is 5.65. The minimum Gasteiger partial charge on any atom is -0.508 e. The first-order valence-corrected chi connectivity index (χ1v) is 7.73. The smallest absolute Gasteiger partial charge is 0.418 e. The number of aromatic nitrogens is 2. The zero-order chi connectivity index (χ0) is 18.2. The summed E-state index contributed by atoms with van der Waals surface area (Å²) in [5, 5.41) is 13.8. The van der Waals surface area contributed by atoms with E-state index in [9.17, 15) is 23.1 Å². The van der Waals surface area contributed by atoms with Crippen LogP contribution in [0.4, 0.5) is 13.2 Å². The fraction of sp³-hybridized carbons (Fsp3) is 0.222. The molecule has 0 radical (unpaired) electrons. The molecule has 0 fully saturated rings. The number of carbonyl (C=O) groups is 1. The summed E-state index contributed by atoms with van der Waals surface area (Å²) in [6.07, 6.45) is -3.97. The lowest BCUT2D eigenvalue weighted by Gasteiger charge is -2.10. The molecule has 3 aromatic rings. The molecule has 7 heteroatoms. The molecule has 1 aromatic heterocycles. The summed E-state index contributed by atoms with van der Waals surface area (Å²) in [5.74, 6) is -0.630. The third kappa shape index (κ3) is 3.09. The Morgan fingerprint density at radius 2 is 1.92 bits per heavy atom. The average molecular weight is 348 g/mol. The molecular weight excluding hydrogens is 333 g/mol. The Bertz CT molecular complexity index is 945. The molecule has 3 rings (SSSR count). The fourth-order valence-corrected chi connectivity index (χ4v) is 2.79. The first-order chi connectivity index (χ1) is 11.8. The fourth-order valence-electron chi connectivity index (χ4n) is 2.79. The molecule has 0 atom stereocenters. The molecule has 0 aliphatic heterocycles. The van der Waals surface area contributed by atoms with Crippen molar-refractivity contribution in [3.63, 3.8) is 0 Å². The third-order valence-electron chi connectivity index (χ3n) is 3.83. The Morgan fingerprint density at radius 1 is 1.20 bits per heavy atom. The number of rotatable bonds is 4. The van der Waals surface area contributed by atoms with Gasteiger partial charge in [0.1, 0.15) is 11.4 Å². The minimum absolute atomic E-state index is 0.0554. The van der Waals surface area contributed by atoms with Gasteiger partial charge in [-0.15, -0.1) is 0 Å². The van der Waals surface area contributed by atoms with E-state index in [-0.39, 0.29) is 34.5 Å². The lowest BCUT2D eigenvalue weighted by atomic mass is 10.0. The van der Waals surface area contributed by atoms with E-state index in [1.807, 2.05) is 6.92 Å². The van der Waals surface area contributed by atoms with Crippen molar-refractivity contribution >= 4 is 16.7 Å². The average Bonchev–Trinajstić information content (AvgIpc) is 2.92. The molecule has 0 aliphatic carbocycles. The van der Waals surface area contributed by atoms with Crippen LogP contribution in [0.25, 0.3) is 10.9 Å². The monoisotopic (exact) mass is 348 g/mol. The van der Waals surface area contributed by atoms with E-state index < -0.39 is 17.5 Å². The highest BCUT2D eigenvalue weighted by Gasteiger charge is 2.35. The molecule has 0 saturated heterocycles. The van der Waals surface area contributed by atoms with Crippen molar-refractivity contribution in [2.45, 2.75) is 26.1 Å². The van der Waals surface area contributed by atoms with Crippen LogP contribution in [-0.2, 0) is 12.7 Å². The molecule has 0 unspecified atom stereocenters. The maximum Gasteiger partial charge on any atom is 0.418 e. The van der Waals surface area contributed by atoms with Crippen molar-refractivity contribution in [2.24, 2.45) is 0 Å². The van der Waals surface area contributed by atoms with Crippen LogP contribution < -0.4 is 0 Å². The zero-order valence-electron chi connectivity index (χ0n) is 13.3. The highest BCUT2D eigenvalue weighted by Crippen LogP contribution is 2.36. The summed E-state index contributed by atoms with van der Waals surface area (Å²) in [4.78, 5) is 12.7. The van der Waals surface area contributed by atoms with Crippen molar-refractivity contribution in [1.82, 2.24) is 9.78 Å². The van der Waals surface area contributed by atoms with Gasteiger partial charge in [0, 0.05) is 17.5 Å². The third-order valence-corrected chi connectivity index (χ3v) is 3.83. The van der Waals surface area contributed by atoms with Gasteiger partial charge in [0.2, 0.25) is 5.78 Å². The van der Waals surface area contributed by atoms with Crippen LogP contribution in [-0.4, -0.2) is 20.7 Å². The van der Waals surface area contributed by atoms with Crippen LogP contribution in [0.2, 0.25) is 0 Å². The number of alkyl halides is 3. The zero-order valence-corrected chi connectivity index (χ0v) is 13.3. The summed E-state index contributed by atoms with van der Waals surface area (Å²) in [7, 11) is 0.